The van der Waals surface area contributed by atoms with Crippen molar-refractivity contribution in [2.75, 3.05) is 12.4 Å². The molecule has 2 aromatic rings. The van der Waals surface area contributed by atoms with E-state index in [-0.39, 0.29) is 5.56 Å². The van der Waals surface area contributed by atoms with Crippen LogP contribution in [0.3, 0.4) is 0 Å². The molecule has 0 aliphatic rings. The lowest BCUT2D eigenvalue weighted by Gasteiger charge is -2.18. The third kappa shape index (κ3) is 3.47. The van der Waals surface area contributed by atoms with Crippen LogP contribution in [-0.2, 0) is 4.79 Å². The third-order valence-corrected chi connectivity index (χ3v) is 2.93. The molecule has 0 saturated carbocycles. The Bertz CT molecular complexity index is 662. The quantitative estimate of drug-likeness (QED) is 0.890. The second kappa shape index (κ2) is 6.21. The Morgan fingerprint density at radius 1 is 1.24 bits per heavy atom. The van der Waals surface area contributed by atoms with Crippen molar-refractivity contribution in [1.82, 2.24) is 0 Å². The minimum Gasteiger partial charge on any atom is -0.497 e. The third-order valence-electron chi connectivity index (χ3n) is 2.93. The number of primary amides is 1. The van der Waals surface area contributed by atoms with Crippen LogP contribution in [0.15, 0.2) is 42.5 Å². The van der Waals surface area contributed by atoms with Gasteiger partial charge in [-0.1, -0.05) is 6.07 Å². The van der Waals surface area contributed by atoms with Gasteiger partial charge in [0.25, 0.3) is 0 Å². The predicted octanol–water partition coefficient (Wildman–Crippen LogP) is 2.61. The Hall–Kier alpha value is -2.63. The van der Waals surface area contributed by atoms with Gasteiger partial charge in [0.1, 0.15) is 23.4 Å². The molecule has 4 nitrogen and oxygen atoms in total. The lowest BCUT2D eigenvalue weighted by molar-refractivity contribution is -0.118. The van der Waals surface area contributed by atoms with Gasteiger partial charge in [-0.05, 0) is 30.3 Å². The van der Waals surface area contributed by atoms with Crippen molar-refractivity contribution in [3.8, 4) is 5.75 Å². The lowest BCUT2D eigenvalue weighted by Crippen LogP contribution is -2.28. The van der Waals surface area contributed by atoms with E-state index in [1.54, 1.807) is 24.3 Å². The number of nitrogens with two attached hydrogens (primary N) is 1. The minimum absolute atomic E-state index is 0.148. The molecule has 0 aromatic heterocycles. The number of anilines is 1. The van der Waals surface area contributed by atoms with Crippen LogP contribution < -0.4 is 15.8 Å². The van der Waals surface area contributed by atoms with E-state index in [1.807, 2.05) is 0 Å². The summed E-state index contributed by atoms with van der Waals surface area (Å²) in [6.07, 6.45) is 0. The summed E-state index contributed by atoms with van der Waals surface area (Å²) < 4.78 is 32.1. The molecule has 0 spiro atoms. The summed E-state index contributed by atoms with van der Waals surface area (Å²) in [5, 5.41) is 2.78. The van der Waals surface area contributed by atoms with Crippen LogP contribution in [0.2, 0.25) is 0 Å². The Morgan fingerprint density at radius 3 is 2.67 bits per heavy atom. The highest BCUT2D eigenvalue weighted by Crippen LogP contribution is 2.25. The maximum Gasteiger partial charge on any atom is 0.244 e. The van der Waals surface area contributed by atoms with Crippen LogP contribution >= 0.6 is 0 Å². The molecule has 0 aliphatic heterocycles. The van der Waals surface area contributed by atoms with Gasteiger partial charge in [0.05, 0.1) is 7.11 Å². The Labute approximate surface area is 120 Å². The Kier molecular flexibility index (Phi) is 4.37. The predicted molar refractivity (Wildman–Crippen MR) is 74.9 cm³/mol. The number of carbonyl (C=O) groups is 1. The first-order chi connectivity index (χ1) is 10.0. The molecule has 0 fully saturated rings. The van der Waals surface area contributed by atoms with Crippen molar-refractivity contribution in [1.29, 1.82) is 0 Å². The van der Waals surface area contributed by atoms with Gasteiger partial charge in [0.15, 0.2) is 0 Å². The van der Waals surface area contributed by atoms with Gasteiger partial charge >= 0.3 is 0 Å². The van der Waals surface area contributed by atoms with Crippen LogP contribution in [0, 0.1) is 11.6 Å². The van der Waals surface area contributed by atoms with Gasteiger partial charge in [0, 0.05) is 17.3 Å². The van der Waals surface area contributed by atoms with E-state index in [0.717, 1.165) is 18.2 Å². The number of methoxy groups -OCH3 is 1. The van der Waals surface area contributed by atoms with Gasteiger partial charge in [-0.25, -0.2) is 8.78 Å². The van der Waals surface area contributed by atoms with Crippen molar-refractivity contribution >= 4 is 11.6 Å². The highest BCUT2D eigenvalue weighted by molar-refractivity contribution is 5.84. The van der Waals surface area contributed by atoms with Crippen LogP contribution in [0.5, 0.6) is 5.75 Å². The first-order valence-electron chi connectivity index (χ1n) is 6.16. The average molecular weight is 292 g/mol. The van der Waals surface area contributed by atoms with E-state index >= 15 is 0 Å². The van der Waals surface area contributed by atoms with E-state index in [9.17, 15) is 13.6 Å². The highest BCUT2D eigenvalue weighted by atomic mass is 19.1. The number of ether oxygens (including phenoxy) is 1. The molecular formula is C15H14F2N2O2. The van der Waals surface area contributed by atoms with Gasteiger partial charge in [0.2, 0.25) is 5.91 Å². The zero-order chi connectivity index (χ0) is 15.4. The van der Waals surface area contributed by atoms with Crippen molar-refractivity contribution in [2.24, 2.45) is 5.73 Å². The maximum atomic E-state index is 13.8. The zero-order valence-corrected chi connectivity index (χ0v) is 11.3. The molecule has 1 atom stereocenters. The second-order valence-corrected chi connectivity index (χ2v) is 4.38. The lowest BCUT2D eigenvalue weighted by atomic mass is 10.0. The molecule has 0 bridgehead atoms. The van der Waals surface area contributed by atoms with Gasteiger partial charge in [-0.3, -0.25) is 4.79 Å². The minimum atomic E-state index is -1.19. The Balaban J connectivity index is 2.35. The number of halogens is 2. The number of nitrogens with one attached hydrogen (secondary N) is 1. The first-order valence-corrected chi connectivity index (χ1v) is 6.16. The number of rotatable bonds is 5. The molecule has 1 amide bonds. The van der Waals surface area contributed by atoms with E-state index < -0.39 is 23.6 Å². The second-order valence-electron chi connectivity index (χ2n) is 4.38. The zero-order valence-electron chi connectivity index (χ0n) is 11.3. The molecule has 0 saturated heterocycles. The molecule has 0 aliphatic carbocycles. The number of hydrogen-bond acceptors (Lipinski definition) is 3. The summed E-state index contributed by atoms with van der Waals surface area (Å²) >= 11 is 0. The SMILES string of the molecule is COc1cccc(NC(C(N)=O)c2cc(F)ccc2F)c1. The highest BCUT2D eigenvalue weighted by Gasteiger charge is 2.22. The van der Waals surface area contributed by atoms with Crippen molar-refractivity contribution in [3.63, 3.8) is 0 Å². The fraction of sp³-hybridized carbons (Fsp3) is 0.133. The normalized spacial score (nSPS) is 11.8. The van der Waals surface area contributed by atoms with Crippen LogP contribution in [0.1, 0.15) is 11.6 Å². The number of benzene rings is 2. The molecule has 0 radical (unpaired) electrons. The van der Waals surface area contributed by atoms with Crippen molar-refractivity contribution in [3.05, 3.63) is 59.7 Å². The van der Waals surface area contributed by atoms with Gasteiger partial charge in [-0.15, -0.1) is 0 Å². The molecule has 1 unspecified atom stereocenters. The molecule has 3 N–H and O–H groups in total. The van der Waals surface area contributed by atoms with Gasteiger partial charge < -0.3 is 15.8 Å². The molecule has 6 heteroatoms. The molecule has 21 heavy (non-hydrogen) atoms. The smallest absolute Gasteiger partial charge is 0.244 e. The average Bonchev–Trinajstić information content (AvgIpc) is 2.47. The van der Waals surface area contributed by atoms with Crippen LogP contribution in [0.4, 0.5) is 14.5 Å². The summed E-state index contributed by atoms with van der Waals surface area (Å²) in [5.41, 5.74) is 5.64. The molecule has 0 heterocycles. The maximum absolute atomic E-state index is 13.8. The van der Waals surface area contributed by atoms with Gasteiger partial charge in [-0.2, -0.15) is 0 Å². The van der Waals surface area contributed by atoms with E-state index in [1.165, 1.54) is 7.11 Å². The van der Waals surface area contributed by atoms with Crippen molar-refractivity contribution < 1.29 is 18.3 Å². The molecule has 2 rings (SSSR count). The summed E-state index contributed by atoms with van der Waals surface area (Å²) in [6, 6.07) is 8.37. The molecule has 110 valence electrons. The largest absolute Gasteiger partial charge is 0.497 e. The number of amides is 1. The number of carbonyl (C=O) groups excluding carboxylic acids is 1. The van der Waals surface area contributed by atoms with E-state index in [0.29, 0.717) is 11.4 Å². The van der Waals surface area contributed by atoms with Crippen LogP contribution in [-0.4, -0.2) is 13.0 Å². The fourth-order valence-electron chi connectivity index (χ4n) is 1.92. The summed E-state index contributed by atoms with van der Waals surface area (Å²) in [6.45, 7) is 0. The standard InChI is InChI=1S/C15H14F2N2O2/c1-21-11-4-2-3-10(8-11)19-14(15(18)20)12-7-9(16)5-6-13(12)17/h2-8,14,19H,1H3,(H2,18,20). The first kappa shape index (κ1) is 14.8. The van der Waals surface area contributed by atoms with E-state index in [2.05, 4.69) is 5.32 Å². The van der Waals surface area contributed by atoms with E-state index in [4.69, 9.17) is 10.5 Å². The van der Waals surface area contributed by atoms with Crippen molar-refractivity contribution in [2.45, 2.75) is 6.04 Å². The topological polar surface area (TPSA) is 64.3 Å². The molecular weight excluding hydrogens is 278 g/mol. The number of hydrogen-bond donors (Lipinski definition) is 2. The summed E-state index contributed by atoms with van der Waals surface area (Å²) in [7, 11) is 1.50. The summed E-state index contributed by atoms with van der Waals surface area (Å²) in [5.74, 6) is -1.62. The monoisotopic (exact) mass is 292 g/mol. The Morgan fingerprint density at radius 2 is 2.00 bits per heavy atom. The fourth-order valence-corrected chi connectivity index (χ4v) is 1.92. The van der Waals surface area contributed by atoms with Crippen LogP contribution in [0.25, 0.3) is 0 Å². The summed E-state index contributed by atoms with van der Waals surface area (Å²) in [4.78, 5) is 11.6. The molecule has 2 aromatic carbocycles.